The molecule has 2 aromatic heterocycles. The number of aromatic hydroxyl groups is 1. The van der Waals surface area contributed by atoms with E-state index in [0.717, 1.165) is 44.5 Å². The van der Waals surface area contributed by atoms with Crippen molar-refractivity contribution in [1.29, 1.82) is 0 Å². The van der Waals surface area contributed by atoms with Crippen molar-refractivity contribution in [3.8, 4) is 50.3 Å². The summed E-state index contributed by atoms with van der Waals surface area (Å²) >= 11 is 0. The molecule has 0 bridgehead atoms. The third kappa shape index (κ3) is 4.25. The largest absolute Gasteiger partial charge is 0.505 e. The van der Waals surface area contributed by atoms with Crippen molar-refractivity contribution in [3.05, 3.63) is 116 Å². The van der Waals surface area contributed by atoms with Crippen molar-refractivity contribution in [2.45, 2.75) is 0 Å². The first-order valence-corrected chi connectivity index (χ1v) is 11.2. The third-order valence-corrected chi connectivity index (χ3v) is 6.06. The molecule has 0 radical (unpaired) electrons. The highest BCUT2D eigenvalue weighted by Crippen LogP contribution is 2.45. The average Bonchev–Trinajstić information content (AvgIpc) is 2.94. The predicted octanol–water partition coefficient (Wildman–Crippen LogP) is 7.83. The number of aliphatic imine (C=N–C) groups is 1. The maximum Gasteiger partial charge on any atom is 0.149 e. The van der Waals surface area contributed by atoms with Gasteiger partial charge >= 0.3 is 0 Å². The molecule has 4 heteroatoms. The molecule has 0 aliphatic rings. The molecule has 0 saturated heterocycles. The van der Waals surface area contributed by atoms with Crippen LogP contribution in [-0.2, 0) is 0 Å². The van der Waals surface area contributed by atoms with Crippen LogP contribution in [0.4, 0.5) is 5.69 Å². The summed E-state index contributed by atoms with van der Waals surface area (Å²) in [4.78, 5) is 12.6. The van der Waals surface area contributed by atoms with Crippen LogP contribution in [0, 0.1) is 0 Å². The zero-order valence-corrected chi connectivity index (χ0v) is 19.1. The number of nitrogens with zero attached hydrogens (tertiary/aromatic N) is 3. The van der Waals surface area contributed by atoms with Gasteiger partial charge in [-0.15, -0.1) is 0 Å². The zero-order chi connectivity index (χ0) is 24.2. The Morgan fingerprint density at radius 1 is 0.657 bits per heavy atom. The fourth-order valence-corrected chi connectivity index (χ4v) is 4.25. The Morgan fingerprint density at radius 3 is 1.57 bits per heavy atom. The molecule has 0 aliphatic heterocycles. The van der Waals surface area contributed by atoms with Crippen molar-refractivity contribution in [2.75, 3.05) is 0 Å². The molecule has 4 nitrogen and oxygen atoms in total. The van der Waals surface area contributed by atoms with E-state index in [9.17, 15) is 5.11 Å². The second-order valence-electron chi connectivity index (χ2n) is 8.08. The van der Waals surface area contributed by atoms with E-state index in [2.05, 4.69) is 52.5 Å². The second kappa shape index (κ2) is 9.57. The van der Waals surface area contributed by atoms with E-state index in [1.165, 1.54) is 0 Å². The Labute approximate surface area is 204 Å². The van der Waals surface area contributed by atoms with E-state index >= 15 is 0 Å². The SMILES string of the molecule is C=Cc1c(-c2ccc(-c3cccnc3)cc2)cc(-c2ccc(-c3cccnc3)cc2)c(O)c1N=C. The van der Waals surface area contributed by atoms with E-state index in [4.69, 9.17) is 0 Å². The number of rotatable bonds is 6. The number of aromatic nitrogens is 2. The number of pyridine rings is 2. The summed E-state index contributed by atoms with van der Waals surface area (Å²) in [5, 5.41) is 11.1. The molecule has 3 aromatic carbocycles. The molecule has 1 N–H and O–H groups in total. The monoisotopic (exact) mass is 453 g/mol. The normalized spacial score (nSPS) is 10.6. The van der Waals surface area contributed by atoms with Crippen molar-refractivity contribution >= 4 is 18.5 Å². The molecule has 5 rings (SSSR count). The van der Waals surface area contributed by atoms with Gasteiger partial charge in [0.1, 0.15) is 11.4 Å². The molecule has 0 aliphatic carbocycles. The Kier molecular flexibility index (Phi) is 6.01. The van der Waals surface area contributed by atoms with Gasteiger partial charge in [0.05, 0.1) is 0 Å². The van der Waals surface area contributed by atoms with Crippen molar-refractivity contribution < 1.29 is 5.11 Å². The fraction of sp³-hybridized carbons (Fsp3) is 0. The lowest BCUT2D eigenvalue weighted by Crippen LogP contribution is -1.90. The highest BCUT2D eigenvalue weighted by atomic mass is 16.3. The van der Waals surface area contributed by atoms with Gasteiger partial charge in [0, 0.05) is 35.9 Å². The summed E-state index contributed by atoms with van der Waals surface area (Å²) in [6.45, 7) is 7.67. The Balaban J connectivity index is 1.60. The van der Waals surface area contributed by atoms with Crippen LogP contribution in [0.3, 0.4) is 0 Å². The van der Waals surface area contributed by atoms with Gasteiger partial charge in [-0.1, -0.05) is 73.3 Å². The van der Waals surface area contributed by atoms with Gasteiger partial charge in [-0.3, -0.25) is 15.0 Å². The number of hydrogen-bond acceptors (Lipinski definition) is 4. The number of hydrogen-bond donors (Lipinski definition) is 1. The van der Waals surface area contributed by atoms with E-state index in [1.807, 2.05) is 67.0 Å². The average molecular weight is 454 g/mol. The van der Waals surface area contributed by atoms with Crippen LogP contribution in [0.2, 0.25) is 0 Å². The first kappa shape index (κ1) is 22.0. The molecule has 35 heavy (non-hydrogen) atoms. The fourth-order valence-electron chi connectivity index (χ4n) is 4.25. The maximum absolute atomic E-state index is 11.1. The van der Waals surface area contributed by atoms with Crippen LogP contribution in [-0.4, -0.2) is 21.8 Å². The smallest absolute Gasteiger partial charge is 0.149 e. The van der Waals surface area contributed by atoms with Crippen molar-refractivity contribution in [3.63, 3.8) is 0 Å². The quantitative estimate of drug-likeness (QED) is 0.267. The summed E-state index contributed by atoms with van der Waals surface area (Å²) < 4.78 is 0. The second-order valence-corrected chi connectivity index (χ2v) is 8.08. The Bertz CT molecular complexity index is 1490. The standard InChI is InChI=1S/C31H23N3O/c1-3-27-28(23-12-8-21(9-13-23)25-6-4-16-33-19-25)18-29(31(35)30(27)32-2)24-14-10-22(11-15-24)26-7-5-17-34-20-26/h3-20,35H,1-2H2. The van der Waals surface area contributed by atoms with Gasteiger partial charge in [0.25, 0.3) is 0 Å². The molecule has 0 spiro atoms. The first-order valence-electron chi connectivity index (χ1n) is 11.2. The van der Waals surface area contributed by atoms with Crippen molar-refractivity contribution in [1.82, 2.24) is 9.97 Å². The summed E-state index contributed by atoms with van der Waals surface area (Å²) in [6.07, 6.45) is 8.91. The molecule has 0 atom stereocenters. The lowest BCUT2D eigenvalue weighted by Gasteiger charge is -2.16. The van der Waals surface area contributed by atoms with E-state index in [0.29, 0.717) is 11.3 Å². The molecule has 5 aromatic rings. The zero-order valence-electron chi connectivity index (χ0n) is 19.1. The summed E-state index contributed by atoms with van der Waals surface area (Å²) in [5.74, 6) is 0.0831. The summed E-state index contributed by atoms with van der Waals surface area (Å²) in [6, 6.07) is 26.2. The highest BCUT2D eigenvalue weighted by Gasteiger charge is 2.18. The van der Waals surface area contributed by atoms with Gasteiger partial charge in [0.2, 0.25) is 0 Å². The van der Waals surface area contributed by atoms with Crippen LogP contribution in [0.25, 0.3) is 50.6 Å². The molecule has 0 saturated carbocycles. The van der Waals surface area contributed by atoms with Crippen LogP contribution < -0.4 is 0 Å². The van der Waals surface area contributed by atoms with Gasteiger partial charge in [-0.25, -0.2) is 0 Å². The number of phenolic OH excluding ortho intramolecular Hbond substituents is 1. The Hall–Kier alpha value is -4.83. The molecule has 0 fully saturated rings. The molecule has 2 heterocycles. The third-order valence-electron chi connectivity index (χ3n) is 6.06. The minimum absolute atomic E-state index is 0.0831. The molecular weight excluding hydrogens is 430 g/mol. The lowest BCUT2D eigenvalue weighted by atomic mass is 9.91. The molecule has 0 amide bonds. The lowest BCUT2D eigenvalue weighted by molar-refractivity contribution is 0.479. The minimum atomic E-state index is 0.0831. The highest BCUT2D eigenvalue weighted by molar-refractivity contribution is 5.92. The molecule has 0 unspecified atom stereocenters. The van der Waals surface area contributed by atoms with Gasteiger partial charge in [-0.05, 0) is 63.9 Å². The Morgan fingerprint density at radius 2 is 1.14 bits per heavy atom. The van der Waals surface area contributed by atoms with Gasteiger partial charge in [0.15, 0.2) is 0 Å². The topological polar surface area (TPSA) is 58.4 Å². The molecular formula is C31H23N3O. The van der Waals surface area contributed by atoms with Gasteiger partial charge < -0.3 is 5.11 Å². The van der Waals surface area contributed by atoms with E-state index in [-0.39, 0.29) is 5.75 Å². The van der Waals surface area contributed by atoms with Gasteiger partial charge in [-0.2, -0.15) is 0 Å². The van der Waals surface area contributed by atoms with Crippen LogP contribution in [0.15, 0.2) is 115 Å². The first-order chi connectivity index (χ1) is 17.2. The maximum atomic E-state index is 11.1. The van der Waals surface area contributed by atoms with E-state index < -0.39 is 0 Å². The van der Waals surface area contributed by atoms with E-state index in [1.54, 1.807) is 18.5 Å². The van der Waals surface area contributed by atoms with Crippen LogP contribution >= 0.6 is 0 Å². The molecule has 168 valence electrons. The minimum Gasteiger partial charge on any atom is -0.505 e. The van der Waals surface area contributed by atoms with Crippen LogP contribution in [0.5, 0.6) is 5.75 Å². The number of phenols is 1. The summed E-state index contributed by atoms with van der Waals surface area (Å²) in [5.41, 5.74) is 8.85. The summed E-state index contributed by atoms with van der Waals surface area (Å²) in [7, 11) is 0. The number of benzene rings is 3. The predicted molar refractivity (Wildman–Crippen MR) is 145 cm³/mol. The van der Waals surface area contributed by atoms with Crippen LogP contribution in [0.1, 0.15) is 5.56 Å². The van der Waals surface area contributed by atoms with Crippen molar-refractivity contribution in [2.24, 2.45) is 4.99 Å².